The van der Waals surface area contributed by atoms with Gasteiger partial charge in [-0.3, -0.25) is 0 Å². The maximum absolute atomic E-state index is 8.00. The van der Waals surface area contributed by atoms with Gasteiger partial charge in [0.15, 0.2) is 0 Å². The molecular formula is C22H23CoO4. The van der Waals surface area contributed by atoms with Crippen molar-refractivity contribution in [2.24, 2.45) is 0 Å². The van der Waals surface area contributed by atoms with Gasteiger partial charge in [0.2, 0.25) is 0 Å². The molecule has 3 rings (SSSR count). The van der Waals surface area contributed by atoms with Crippen LogP contribution in [-0.2, 0) is 36.0 Å². The zero-order chi connectivity index (χ0) is 20.7. The van der Waals surface area contributed by atoms with E-state index in [1.54, 1.807) is 0 Å². The molecule has 0 amide bonds. The molecule has 0 fully saturated rings. The standard InChI is InChI=1S/3C6H5.4CH2O.Co/c3*1-2-4-6-5-3-1;4*1-2;/h3*1-5H;4*1H2;/q3*-1;;;;;+3. The molecule has 0 aromatic heterocycles. The molecule has 0 saturated carbocycles. The third-order valence-electron chi connectivity index (χ3n) is 1.82. The molecule has 0 aliphatic heterocycles. The van der Waals surface area contributed by atoms with Gasteiger partial charge < -0.3 is 19.2 Å². The second kappa shape index (κ2) is 49.5. The van der Waals surface area contributed by atoms with Crippen LogP contribution in [0, 0.1) is 18.2 Å². The predicted molar refractivity (Wildman–Crippen MR) is 104 cm³/mol. The SMILES string of the molecule is C=O.C=O.C=O.C=O.[Co+3].[c-]1ccccc1.[c-]1ccccc1.[c-]1ccccc1. The van der Waals surface area contributed by atoms with E-state index in [4.69, 9.17) is 19.2 Å². The minimum absolute atomic E-state index is 0. The molecule has 0 aliphatic rings. The maximum Gasteiger partial charge on any atom is 3.00 e. The molecule has 3 aromatic carbocycles. The van der Waals surface area contributed by atoms with Gasteiger partial charge in [-0.15, -0.1) is 0 Å². The smallest absolute Gasteiger partial charge is 0.307 e. The fraction of sp³-hybridized carbons (Fsp3) is 0. The summed E-state index contributed by atoms with van der Waals surface area (Å²) in [6.07, 6.45) is 0. The molecule has 5 heteroatoms. The Morgan fingerprint density at radius 2 is 0.481 bits per heavy atom. The summed E-state index contributed by atoms with van der Waals surface area (Å²) in [6, 6.07) is 37.5. The van der Waals surface area contributed by atoms with Gasteiger partial charge in [-0.25, -0.2) is 0 Å². The van der Waals surface area contributed by atoms with Crippen molar-refractivity contribution in [2.45, 2.75) is 0 Å². The van der Waals surface area contributed by atoms with Crippen LogP contribution < -0.4 is 0 Å². The summed E-state index contributed by atoms with van der Waals surface area (Å²) < 4.78 is 0. The number of carbonyl (C=O) groups excluding carboxylic acids is 4. The Hall–Kier alpha value is -3.15. The number of benzene rings is 3. The molecule has 0 unspecified atom stereocenters. The number of hydrogen-bond acceptors (Lipinski definition) is 4. The van der Waals surface area contributed by atoms with Gasteiger partial charge in [0.25, 0.3) is 0 Å². The Morgan fingerprint density at radius 3 is 0.519 bits per heavy atom. The van der Waals surface area contributed by atoms with E-state index in [-0.39, 0.29) is 16.8 Å². The van der Waals surface area contributed by atoms with E-state index in [9.17, 15) is 0 Å². The van der Waals surface area contributed by atoms with E-state index in [0.29, 0.717) is 0 Å². The largest absolute Gasteiger partial charge is 3.00 e. The normalized spacial score (nSPS) is 5.93. The summed E-state index contributed by atoms with van der Waals surface area (Å²) in [5.41, 5.74) is 0. The topological polar surface area (TPSA) is 68.3 Å². The molecule has 4 nitrogen and oxygen atoms in total. The van der Waals surface area contributed by atoms with Crippen molar-refractivity contribution >= 4 is 27.2 Å². The van der Waals surface area contributed by atoms with Crippen molar-refractivity contribution in [1.29, 1.82) is 0 Å². The molecule has 27 heavy (non-hydrogen) atoms. The Bertz CT molecular complexity index is 362. The molecule has 0 radical (unpaired) electrons. The summed E-state index contributed by atoms with van der Waals surface area (Å²) in [7, 11) is 0. The fourth-order valence-electron chi connectivity index (χ4n) is 1.03. The molecule has 144 valence electrons. The third kappa shape index (κ3) is 45.0. The van der Waals surface area contributed by atoms with Crippen molar-refractivity contribution in [2.75, 3.05) is 0 Å². The van der Waals surface area contributed by atoms with E-state index in [1.165, 1.54) is 0 Å². The monoisotopic (exact) mass is 410 g/mol. The average Bonchev–Trinajstić information content (AvgIpc) is 2.83. The van der Waals surface area contributed by atoms with Crippen LogP contribution in [0.3, 0.4) is 0 Å². The van der Waals surface area contributed by atoms with Gasteiger partial charge in [-0.2, -0.15) is 109 Å². The molecule has 0 atom stereocenters. The molecule has 0 saturated heterocycles. The first-order valence-corrected chi connectivity index (χ1v) is 6.89. The van der Waals surface area contributed by atoms with Crippen molar-refractivity contribution in [1.82, 2.24) is 0 Å². The van der Waals surface area contributed by atoms with Crippen molar-refractivity contribution in [3.05, 3.63) is 109 Å². The zero-order valence-electron chi connectivity index (χ0n) is 15.0. The van der Waals surface area contributed by atoms with Gasteiger partial charge in [-0.05, 0) is 0 Å². The van der Waals surface area contributed by atoms with Crippen molar-refractivity contribution < 1.29 is 36.0 Å². The molecule has 0 aliphatic carbocycles. The molecular weight excluding hydrogens is 387 g/mol. The van der Waals surface area contributed by atoms with Crippen LogP contribution in [-0.4, -0.2) is 27.2 Å². The van der Waals surface area contributed by atoms with E-state index < -0.39 is 0 Å². The van der Waals surface area contributed by atoms with Gasteiger partial charge >= 0.3 is 16.8 Å². The number of carbonyl (C=O) groups is 4. The zero-order valence-corrected chi connectivity index (χ0v) is 16.0. The second-order valence-electron chi connectivity index (χ2n) is 3.23. The van der Waals surface area contributed by atoms with E-state index in [1.807, 2.05) is 118 Å². The third-order valence-corrected chi connectivity index (χ3v) is 1.82. The van der Waals surface area contributed by atoms with Crippen LogP contribution in [0.15, 0.2) is 91.0 Å². The molecule has 0 heterocycles. The van der Waals surface area contributed by atoms with Crippen LogP contribution in [0.2, 0.25) is 0 Å². The molecule has 0 N–H and O–H groups in total. The fourth-order valence-corrected chi connectivity index (χ4v) is 1.03. The van der Waals surface area contributed by atoms with Crippen LogP contribution in [0.1, 0.15) is 0 Å². The molecule has 3 aromatic rings. The summed E-state index contributed by atoms with van der Waals surface area (Å²) in [5.74, 6) is 0. The van der Waals surface area contributed by atoms with Crippen LogP contribution >= 0.6 is 0 Å². The first-order valence-electron chi connectivity index (χ1n) is 6.89. The van der Waals surface area contributed by atoms with Crippen LogP contribution in [0.4, 0.5) is 0 Å². The first kappa shape index (κ1) is 35.0. The Labute approximate surface area is 172 Å². The predicted octanol–water partition coefficient (Wildman–Crippen LogP) is 3.72. The Morgan fingerprint density at radius 1 is 0.333 bits per heavy atom. The first-order chi connectivity index (χ1) is 13.0. The quantitative estimate of drug-likeness (QED) is 0.530. The summed E-state index contributed by atoms with van der Waals surface area (Å²) in [4.78, 5) is 32.0. The van der Waals surface area contributed by atoms with E-state index >= 15 is 0 Å². The van der Waals surface area contributed by atoms with E-state index in [2.05, 4.69) is 18.2 Å². The van der Waals surface area contributed by atoms with Gasteiger partial charge in [0.1, 0.15) is 27.2 Å². The Balaban J connectivity index is -0.0000000746. The summed E-state index contributed by atoms with van der Waals surface area (Å²) in [5, 5.41) is 0. The van der Waals surface area contributed by atoms with Gasteiger partial charge in [-0.1, -0.05) is 0 Å². The second-order valence-corrected chi connectivity index (χ2v) is 3.23. The molecule has 0 spiro atoms. The maximum atomic E-state index is 8.00. The number of rotatable bonds is 0. The Kier molecular flexibility index (Phi) is 64.2. The van der Waals surface area contributed by atoms with Crippen LogP contribution in [0.25, 0.3) is 0 Å². The van der Waals surface area contributed by atoms with Crippen molar-refractivity contribution in [3.8, 4) is 0 Å². The van der Waals surface area contributed by atoms with E-state index in [0.717, 1.165) is 0 Å². The average molecular weight is 410 g/mol. The van der Waals surface area contributed by atoms with Gasteiger partial charge in [0.05, 0.1) is 0 Å². The summed E-state index contributed by atoms with van der Waals surface area (Å²) in [6.45, 7) is 8.00. The summed E-state index contributed by atoms with van der Waals surface area (Å²) >= 11 is 0. The van der Waals surface area contributed by atoms with Gasteiger partial charge in [0, 0.05) is 0 Å². The molecule has 0 bridgehead atoms. The minimum atomic E-state index is 0. The van der Waals surface area contributed by atoms with Crippen molar-refractivity contribution in [3.63, 3.8) is 0 Å². The minimum Gasteiger partial charge on any atom is -0.307 e. The van der Waals surface area contributed by atoms with Crippen LogP contribution in [0.5, 0.6) is 0 Å². The number of hydrogen-bond donors (Lipinski definition) is 0.